The molecular weight excluding hydrogens is 308 g/mol. The van der Waals surface area contributed by atoms with Crippen LogP contribution in [0, 0.1) is 0 Å². The van der Waals surface area contributed by atoms with Crippen molar-refractivity contribution in [1.29, 1.82) is 0 Å². The summed E-state index contributed by atoms with van der Waals surface area (Å²) in [7, 11) is 0. The Labute approximate surface area is 140 Å². The first-order valence-corrected chi connectivity index (χ1v) is 8.54. The average Bonchev–Trinajstić information content (AvgIpc) is 2.99. The minimum Gasteiger partial charge on any atom is -0.367 e. The van der Waals surface area contributed by atoms with Gasteiger partial charge < -0.3 is 10.3 Å². The first-order valence-electron chi connectivity index (χ1n) is 8.16. The van der Waals surface area contributed by atoms with Gasteiger partial charge in [0.2, 0.25) is 0 Å². The summed E-state index contributed by atoms with van der Waals surface area (Å²) < 4.78 is 0. The van der Waals surface area contributed by atoms with Gasteiger partial charge in [-0.1, -0.05) is 36.9 Å². The molecule has 2 N–H and O–H groups in total. The van der Waals surface area contributed by atoms with Gasteiger partial charge in [-0.25, -0.2) is 9.97 Å². The molecule has 0 atom stereocenters. The molecule has 0 aromatic carbocycles. The normalized spacial score (nSPS) is 15.9. The molecule has 0 unspecified atom stereocenters. The second kappa shape index (κ2) is 6.20. The minimum atomic E-state index is 0.547. The highest BCUT2D eigenvalue weighted by Crippen LogP contribution is 2.29. The number of aromatic nitrogens is 3. The lowest BCUT2D eigenvalue weighted by Gasteiger charge is -2.23. The maximum atomic E-state index is 6.09. The van der Waals surface area contributed by atoms with Crippen molar-refractivity contribution in [2.24, 2.45) is 0 Å². The largest absolute Gasteiger partial charge is 0.367 e. The van der Waals surface area contributed by atoms with Crippen molar-refractivity contribution < 1.29 is 0 Å². The van der Waals surface area contributed by atoms with E-state index >= 15 is 0 Å². The third kappa shape index (κ3) is 3.04. The summed E-state index contributed by atoms with van der Waals surface area (Å²) in [5.41, 5.74) is 2.79. The third-order valence-corrected chi connectivity index (χ3v) is 4.69. The zero-order valence-electron chi connectivity index (χ0n) is 12.8. The lowest BCUT2D eigenvalue weighted by atomic mass is 9.95. The first-order chi connectivity index (χ1) is 11.3. The van der Waals surface area contributed by atoms with Crippen LogP contribution in [-0.2, 0) is 0 Å². The Morgan fingerprint density at radius 1 is 1.17 bits per heavy atom. The van der Waals surface area contributed by atoms with Crippen LogP contribution in [0.2, 0.25) is 5.02 Å². The molecule has 0 radical (unpaired) electrons. The van der Waals surface area contributed by atoms with Gasteiger partial charge in [-0.15, -0.1) is 0 Å². The van der Waals surface area contributed by atoms with Gasteiger partial charge in [0.25, 0.3) is 0 Å². The fraction of sp³-hybridized carbons (Fsp3) is 0.333. The van der Waals surface area contributed by atoms with Gasteiger partial charge >= 0.3 is 0 Å². The molecule has 5 heteroatoms. The number of H-pyrrole nitrogens is 1. The van der Waals surface area contributed by atoms with Crippen LogP contribution in [0.25, 0.3) is 22.3 Å². The Hall–Kier alpha value is -2.07. The standard InChI is InChI=1S/C18H19ClN4/c19-12-9-14-15(11-21-18(14)20-10-12)16-7-4-8-17(23-16)22-13-5-2-1-3-6-13/h4,7-11,13H,1-3,5-6H2,(H,20,21)(H,22,23). The van der Waals surface area contributed by atoms with E-state index in [9.17, 15) is 0 Å². The topological polar surface area (TPSA) is 53.6 Å². The van der Waals surface area contributed by atoms with E-state index in [1.54, 1.807) is 6.20 Å². The summed E-state index contributed by atoms with van der Waals surface area (Å²) >= 11 is 6.09. The van der Waals surface area contributed by atoms with E-state index in [1.165, 1.54) is 32.1 Å². The SMILES string of the molecule is Clc1cnc2[nH]cc(-c3cccc(NC4CCCCC4)n3)c2c1. The summed E-state index contributed by atoms with van der Waals surface area (Å²) in [6.45, 7) is 0. The predicted octanol–water partition coefficient (Wildman–Crippen LogP) is 5.02. The molecular formula is C18H19ClN4. The average molecular weight is 327 g/mol. The summed E-state index contributed by atoms with van der Waals surface area (Å²) in [6.07, 6.45) is 10.0. The van der Waals surface area contributed by atoms with Crippen LogP contribution in [0.1, 0.15) is 32.1 Å². The molecule has 0 spiro atoms. The van der Waals surface area contributed by atoms with E-state index in [-0.39, 0.29) is 0 Å². The molecule has 1 fully saturated rings. The molecule has 3 aromatic rings. The molecule has 1 aliphatic carbocycles. The molecule has 1 saturated carbocycles. The van der Waals surface area contributed by atoms with Crippen molar-refractivity contribution in [3.8, 4) is 11.3 Å². The molecule has 4 rings (SSSR count). The molecule has 0 saturated heterocycles. The second-order valence-corrected chi connectivity index (χ2v) is 6.58. The van der Waals surface area contributed by atoms with Gasteiger partial charge in [-0.3, -0.25) is 0 Å². The van der Waals surface area contributed by atoms with Gasteiger partial charge in [-0.2, -0.15) is 0 Å². The number of nitrogens with zero attached hydrogens (tertiary/aromatic N) is 2. The summed E-state index contributed by atoms with van der Waals surface area (Å²) in [6, 6.07) is 8.59. The van der Waals surface area contributed by atoms with E-state index < -0.39 is 0 Å². The van der Waals surface area contributed by atoms with Gasteiger partial charge in [-0.05, 0) is 31.0 Å². The van der Waals surface area contributed by atoms with Crippen molar-refractivity contribution in [3.05, 3.63) is 41.7 Å². The van der Waals surface area contributed by atoms with E-state index in [0.29, 0.717) is 11.1 Å². The minimum absolute atomic E-state index is 0.547. The Kier molecular flexibility index (Phi) is 3.92. The van der Waals surface area contributed by atoms with Crippen LogP contribution in [-0.4, -0.2) is 21.0 Å². The Bertz CT molecular complexity index is 821. The maximum Gasteiger partial charge on any atom is 0.138 e. The fourth-order valence-electron chi connectivity index (χ4n) is 3.31. The number of aromatic amines is 1. The number of rotatable bonds is 3. The quantitative estimate of drug-likeness (QED) is 0.710. The van der Waals surface area contributed by atoms with Crippen LogP contribution < -0.4 is 5.32 Å². The molecule has 118 valence electrons. The molecule has 4 nitrogen and oxygen atoms in total. The van der Waals surface area contributed by atoms with Crippen molar-refractivity contribution >= 4 is 28.5 Å². The van der Waals surface area contributed by atoms with Crippen molar-refractivity contribution in [2.75, 3.05) is 5.32 Å². The molecule has 0 aliphatic heterocycles. The Morgan fingerprint density at radius 2 is 2.04 bits per heavy atom. The smallest absolute Gasteiger partial charge is 0.138 e. The summed E-state index contributed by atoms with van der Waals surface area (Å²) in [4.78, 5) is 12.3. The predicted molar refractivity (Wildman–Crippen MR) is 94.8 cm³/mol. The number of nitrogens with one attached hydrogen (secondary N) is 2. The van der Waals surface area contributed by atoms with Crippen molar-refractivity contribution in [3.63, 3.8) is 0 Å². The number of hydrogen-bond donors (Lipinski definition) is 2. The number of anilines is 1. The molecule has 3 heterocycles. The number of fused-ring (bicyclic) bond motifs is 1. The summed E-state index contributed by atoms with van der Waals surface area (Å²) in [5.74, 6) is 0.943. The van der Waals surface area contributed by atoms with Gasteiger partial charge in [0.1, 0.15) is 11.5 Å². The van der Waals surface area contributed by atoms with E-state index in [2.05, 4.69) is 15.3 Å². The lowest BCUT2D eigenvalue weighted by molar-refractivity contribution is 0.462. The van der Waals surface area contributed by atoms with E-state index in [0.717, 1.165) is 28.1 Å². The van der Waals surface area contributed by atoms with Crippen LogP contribution in [0.3, 0.4) is 0 Å². The van der Waals surface area contributed by atoms with Crippen LogP contribution in [0.4, 0.5) is 5.82 Å². The second-order valence-electron chi connectivity index (χ2n) is 6.14. The number of pyridine rings is 2. The zero-order valence-corrected chi connectivity index (χ0v) is 13.6. The van der Waals surface area contributed by atoms with Crippen LogP contribution in [0.15, 0.2) is 36.7 Å². The van der Waals surface area contributed by atoms with Gasteiger partial charge in [0.15, 0.2) is 0 Å². The molecule has 1 aliphatic rings. The van der Waals surface area contributed by atoms with E-state index in [1.807, 2.05) is 30.5 Å². The van der Waals surface area contributed by atoms with E-state index in [4.69, 9.17) is 16.6 Å². The summed E-state index contributed by atoms with van der Waals surface area (Å²) in [5, 5.41) is 5.21. The monoisotopic (exact) mass is 326 g/mol. The van der Waals surface area contributed by atoms with Crippen molar-refractivity contribution in [2.45, 2.75) is 38.1 Å². The highest BCUT2D eigenvalue weighted by molar-refractivity contribution is 6.31. The Morgan fingerprint density at radius 3 is 2.91 bits per heavy atom. The molecule has 0 amide bonds. The molecule has 3 aromatic heterocycles. The number of halogens is 1. The van der Waals surface area contributed by atoms with Crippen LogP contribution >= 0.6 is 11.6 Å². The highest BCUT2D eigenvalue weighted by Gasteiger charge is 2.14. The van der Waals surface area contributed by atoms with Crippen molar-refractivity contribution in [1.82, 2.24) is 15.0 Å². The molecule has 23 heavy (non-hydrogen) atoms. The van der Waals surface area contributed by atoms with Gasteiger partial charge in [0, 0.05) is 29.4 Å². The maximum absolute atomic E-state index is 6.09. The number of hydrogen-bond acceptors (Lipinski definition) is 3. The first kappa shape index (κ1) is 14.5. The fourth-order valence-corrected chi connectivity index (χ4v) is 3.47. The highest BCUT2D eigenvalue weighted by atomic mass is 35.5. The molecule has 0 bridgehead atoms. The Balaban J connectivity index is 1.65. The third-order valence-electron chi connectivity index (χ3n) is 4.48. The lowest BCUT2D eigenvalue weighted by Crippen LogP contribution is -2.22. The van der Waals surface area contributed by atoms with Gasteiger partial charge in [0.05, 0.1) is 10.7 Å². The zero-order chi connectivity index (χ0) is 15.6. The van der Waals surface area contributed by atoms with Crippen LogP contribution in [0.5, 0.6) is 0 Å².